The molecule has 0 saturated carbocycles. The zero-order chi connectivity index (χ0) is 12.6. The average Bonchev–Trinajstić information content (AvgIpc) is 2.33. The van der Waals surface area contributed by atoms with E-state index in [1.54, 1.807) is 0 Å². The molecule has 0 atom stereocenters. The second kappa shape index (κ2) is 16.1. The van der Waals surface area contributed by atoms with Crippen LogP contribution in [-0.4, -0.2) is 52.4 Å². The molecule has 7 heteroatoms. The molecule has 17 heavy (non-hydrogen) atoms. The Bertz CT molecular complexity index is 136. The maximum absolute atomic E-state index is 8.48. The quantitative estimate of drug-likeness (QED) is 0.451. The predicted molar refractivity (Wildman–Crippen MR) is 62.1 cm³/mol. The van der Waals surface area contributed by atoms with Crippen LogP contribution < -0.4 is 21.3 Å². The first-order valence-electron chi connectivity index (χ1n) is 6.14. The second-order valence-corrected chi connectivity index (χ2v) is 4.08. The standard InChI is InChI=1S/C10H24N4.2O.Tc/c1-3-11-7-9-13-5-2-6-14-10-8-12-4-1;;;/h11-14H,1-10H2;;;/q;;;+1. The molecule has 102 valence electrons. The third-order valence-corrected chi connectivity index (χ3v) is 2.37. The molecule has 0 aliphatic carbocycles. The minimum absolute atomic E-state index is 1.09. The summed E-state index contributed by atoms with van der Waals surface area (Å²) in [7, 11) is 0. The van der Waals surface area contributed by atoms with Crippen molar-refractivity contribution in [3.8, 4) is 0 Å². The van der Waals surface area contributed by atoms with Crippen LogP contribution in [0.4, 0.5) is 0 Å². The molecule has 6 nitrogen and oxygen atoms in total. The van der Waals surface area contributed by atoms with Crippen molar-refractivity contribution in [2.45, 2.75) is 12.8 Å². The number of hydrogen-bond acceptors (Lipinski definition) is 6. The fourth-order valence-corrected chi connectivity index (χ4v) is 1.53. The molecule has 1 rings (SSSR count). The van der Waals surface area contributed by atoms with E-state index in [-0.39, 0.29) is 0 Å². The summed E-state index contributed by atoms with van der Waals surface area (Å²) in [6.45, 7) is 8.87. The van der Waals surface area contributed by atoms with Crippen LogP contribution in [0.3, 0.4) is 0 Å². The number of rotatable bonds is 0. The van der Waals surface area contributed by atoms with Crippen LogP contribution in [0.5, 0.6) is 0 Å². The zero-order valence-electron chi connectivity index (χ0n) is 10.3. The van der Waals surface area contributed by atoms with E-state index in [0.29, 0.717) is 0 Å². The van der Waals surface area contributed by atoms with Gasteiger partial charge in [-0.25, -0.2) is 0 Å². The SMILES string of the molecule is C1CNCCNCCCNCCNC1.[O]=[Tc+]=[O]. The van der Waals surface area contributed by atoms with Gasteiger partial charge in [-0.2, -0.15) is 0 Å². The van der Waals surface area contributed by atoms with Gasteiger partial charge in [-0.05, 0) is 39.0 Å². The number of nitrogens with one attached hydrogen (secondary N) is 4. The Labute approximate surface area is 111 Å². The molecule has 0 amide bonds. The van der Waals surface area contributed by atoms with Gasteiger partial charge in [0, 0.05) is 26.2 Å². The van der Waals surface area contributed by atoms with E-state index < -0.39 is 17.6 Å². The van der Waals surface area contributed by atoms with E-state index in [4.69, 9.17) is 7.01 Å². The summed E-state index contributed by atoms with van der Waals surface area (Å²) in [4.78, 5) is 0. The van der Waals surface area contributed by atoms with Crippen LogP contribution in [-0.2, 0) is 24.6 Å². The molecule has 4 N–H and O–H groups in total. The van der Waals surface area contributed by atoms with E-state index in [0.717, 1.165) is 52.4 Å². The van der Waals surface area contributed by atoms with Gasteiger partial charge in [0.25, 0.3) is 0 Å². The van der Waals surface area contributed by atoms with Gasteiger partial charge in [0.05, 0.1) is 0 Å². The van der Waals surface area contributed by atoms with Crippen molar-refractivity contribution >= 4 is 0 Å². The summed E-state index contributed by atoms with van der Waals surface area (Å²) in [5, 5.41) is 13.7. The molecule has 1 aliphatic heterocycles. The van der Waals surface area contributed by atoms with Gasteiger partial charge < -0.3 is 21.3 Å². The Morgan fingerprint density at radius 1 is 0.529 bits per heavy atom. The molecule has 0 radical (unpaired) electrons. The van der Waals surface area contributed by atoms with E-state index in [1.165, 1.54) is 12.8 Å². The van der Waals surface area contributed by atoms with Crippen molar-refractivity contribution in [3.05, 3.63) is 0 Å². The molecule has 1 saturated heterocycles. The van der Waals surface area contributed by atoms with Crippen LogP contribution in [0.25, 0.3) is 0 Å². The van der Waals surface area contributed by atoms with Crippen LogP contribution in [0, 0.1) is 0 Å². The molecule has 0 bridgehead atoms. The van der Waals surface area contributed by atoms with Gasteiger partial charge >= 0.3 is 24.6 Å². The Hall–Kier alpha value is 0.0894. The summed E-state index contributed by atoms with van der Waals surface area (Å²) in [5.74, 6) is 0. The molecule has 0 aromatic carbocycles. The van der Waals surface area contributed by atoms with Crippen LogP contribution >= 0.6 is 0 Å². The molecule has 1 aliphatic rings. The van der Waals surface area contributed by atoms with Gasteiger partial charge in [-0.1, -0.05) is 0 Å². The first kappa shape index (κ1) is 17.1. The molecule has 0 unspecified atom stereocenters. The van der Waals surface area contributed by atoms with Crippen molar-refractivity contribution in [3.63, 3.8) is 0 Å². The van der Waals surface area contributed by atoms with Gasteiger partial charge in [0.15, 0.2) is 0 Å². The number of hydrogen-bond donors (Lipinski definition) is 4. The van der Waals surface area contributed by atoms with Gasteiger partial charge in [0.1, 0.15) is 0 Å². The minimum atomic E-state index is -1.91. The summed E-state index contributed by atoms with van der Waals surface area (Å²) in [6, 6.07) is 0. The normalized spacial score (nSPS) is 20.5. The van der Waals surface area contributed by atoms with Gasteiger partial charge in [-0.3, -0.25) is 0 Å². The van der Waals surface area contributed by atoms with Crippen molar-refractivity contribution in [2.24, 2.45) is 0 Å². The first-order chi connectivity index (χ1) is 8.41. The third kappa shape index (κ3) is 16.1. The fourth-order valence-electron chi connectivity index (χ4n) is 1.53. The van der Waals surface area contributed by atoms with E-state index >= 15 is 0 Å². The van der Waals surface area contributed by atoms with E-state index in [2.05, 4.69) is 21.3 Å². The summed E-state index contributed by atoms with van der Waals surface area (Å²) >= 11 is -1.91. The van der Waals surface area contributed by atoms with Crippen molar-refractivity contribution in [2.75, 3.05) is 52.4 Å². The molecule has 1 fully saturated rings. The maximum atomic E-state index is 8.48. The van der Waals surface area contributed by atoms with E-state index in [1.807, 2.05) is 0 Å². The molecule has 1 heterocycles. The molecule has 0 aromatic rings. The second-order valence-electron chi connectivity index (χ2n) is 3.77. The zero-order valence-corrected chi connectivity index (χ0v) is 12.1. The average molecular weight is 330 g/mol. The summed E-state index contributed by atoms with van der Waals surface area (Å²) in [5.41, 5.74) is 0. The fraction of sp³-hybridized carbons (Fsp3) is 1.00. The summed E-state index contributed by atoms with van der Waals surface area (Å²) < 4.78 is 17.0. The Kier molecular flexibility index (Phi) is 16.2. The predicted octanol–water partition coefficient (Wildman–Crippen LogP) is -1.10. The van der Waals surface area contributed by atoms with Gasteiger partial charge in [0.2, 0.25) is 0 Å². The van der Waals surface area contributed by atoms with Crippen molar-refractivity contribution < 1.29 is 24.6 Å². The van der Waals surface area contributed by atoms with Crippen LogP contribution in [0.1, 0.15) is 12.8 Å². The topological polar surface area (TPSA) is 82.3 Å². The Balaban J connectivity index is 0.000000770. The van der Waals surface area contributed by atoms with Crippen LogP contribution in [0.15, 0.2) is 0 Å². The first-order valence-corrected chi connectivity index (χ1v) is 7.65. The Morgan fingerprint density at radius 2 is 0.765 bits per heavy atom. The van der Waals surface area contributed by atoms with Crippen LogP contribution in [0.2, 0.25) is 0 Å². The molecule has 0 aromatic heterocycles. The third-order valence-electron chi connectivity index (χ3n) is 2.37. The molecular weight excluding hydrogens is 306 g/mol. The molecule has 0 spiro atoms. The Morgan fingerprint density at radius 3 is 1.00 bits per heavy atom. The molecular formula is C10H24N4O2Tc+. The van der Waals surface area contributed by atoms with Crippen molar-refractivity contribution in [1.29, 1.82) is 0 Å². The van der Waals surface area contributed by atoms with E-state index in [9.17, 15) is 0 Å². The summed E-state index contributed by atoms with van der Waals surface area (Å²) in [6.07, 6.45) is 2.44. The monoisotopic (exact) mass is 329 g/mol. The van der Waals surface area contributed by atoms with Crippen molar-refractivity contribution in [1.82, 2.24) is 21.3 Å². The van der Waals surface area contributed by atoms with Gasteiger partial charge in [-0.15, -0.1) is 0 Å².